The maximum absolute atomic E-state index is 13.2. The van der Waals surface area contributed by atoms with Gasteiger partial charge in [0.2, 0.25) is 5.76 Å². The molecule has 2 fully saturated rings. The number of allylic oxidation sites excluding steroid dienone is 2. The Labute approximate surface area is 192 Å². The summed E-state index contributed by atoms with van der Waals surface area (Å²) in [4.78, 5) is 27.8. The van der Waals surface area contributed by atoms with Gasteiger partial charge in [0.1, 0.15) is 6.04 Å². The summed E-state index contributed by atoms with van der Waals surface area (Å²) < 4.78 is 12.1. The zero-order valence-corrected chi connectivity index (χ0v) is 20.7. The lowest BCUT2D eigenvalue weighted by molar-refractivity contribution is -0.151. The van der Waals surface area contributed by atoms with Crippen LogP contribution in [-0.2, 0) is 19.1 Å². The summed E-state index contributed by atoms with van der Waals surface area (Å²) in [6, 6.07) is -0.730. The Hall–Kier alpha value is -1.82. The van der Waals surface area contributed by atoms with E-state index in [0.717, 1.165) is 12.8 Å². The first-order valence-electron chi connectivity index (χ1n) is 12.2. The van der Waals surface area contributed by atoms with Crippen LogP contribution >= 0.6 is 0 Å². The van der Waals surface area contributed by atoms with Gasteiger partial charge in [-0.05, 0) is 63.2 Å². The number of aliphatic hydroxyl groups is 1. The summed E-state index contributed by atoms with van der Waals surface area (Å²) in [6.07, 6.45) is 4.60. The van der Waals surface area contributed by atoms with Crippen LogP contribution in [0.2, 0.25) is 0 Å². The van der Waals surface area contributed by atoms with Crippen molar-refractivity contribution in [3.63, 3.8) is 0 Å². The van der Waals surface area contributed by atoms with Gasteiger partial charge in [-0.2, -0.15) is 0 Å². The number of likely N-dealkylation sites (N-methyl/N-ethyl adjacent to an activating group) is 1. The highest BCUT2D eigenvalue weighted by Crippen LogP contribution is 2.59. The number of hydrogen-bond donors (Lipinski definition) is 1. The molecule has 0 spiro atoms. The van der Waals surface area contributed by atoms with E-state index in [4.69, 9.17) is 9.47 Å². The first-order valence-corrected chi connectivity index (χ1v) is 12.2. The highest BCUT2D eigenvalue weighted by atomic mass is 16.6. The molecule has 9 unspecified atom stereocenters. The van der Waals surface area contributed by atoms with Gasteiger partial charge in [-0.25, -0.2) is 4.79 Å². The molecule has 0 aromatic rings. The molecule has 178 valence electrons. The predicted molar refractivity (Wildman–Crippen MR) is 121 cm³/mol. The Morgan fingerprint density at radius 2 is 1.81 bits per heavy atom. The fourth-order valence-electron chi connectivity index (χ4n) is 7.21. The van der Waals surface area contributed by atoms with E-state index in [0.29, 0.717) is 17.8 Å². The van der Waals surface area contributed by atoms with Crippen molar-refractivity contribution in [3.05, 3.63) is 23.2 Å². The number of carbonyl (C=O) groups is 2. The molecule has 2 heterocycles. The summed E-state index contributed by atoms with van der Waals surface area (Å²) in [5.41, 5.74) is 0.795. The normalized spacial score (nSPS) is 44.8. The second kappa shape index (κ2) is 7.89. The van der Waals surface area contributed by atoms with Crippen LogP contribution in [0.5, 0.6) is 0 Å². The number of nitrogens with zero attached hydrogens (tertiary/aromatic N) is 1. The monoisotopic (exact) mass is 445 g/mol. The number of rotatable bonds is 3. The summed E-state index contributed by atoms with van der Waals surface area (Å²) in [5, 5.41) is 11.2. The number of hydrogen-bond acceptors (Lipinski definition) is 5. The predicted octanol–water partition coefficient (Wildman–Crippen LogP) is 4.46. The third-order valence-electron chi connectivity index (χ3n) is 8.70. The van der Waals surface area contributed by atoms with Gasteiger partial charge >= 0.3 is 5.97 Å². The third-order valence-corrected chi connectivity index (χ3v) is 8.70. The van der Waals surface area contributed by atoms with Gasteiger partial charge < -0.3 is 19.5 Å². The average molecular weight is 446 g/mol. The molecule has 0 aromatic carbocycles. The number of amides is 1. The van der Waals surface area contributed by atoms with E-state index >= 15 is 0 Å². The average Bonchev–Trinajstić information content (AvgIpc) is 3.31. The minimum atomic E-state index is -0.730. The van der Waals surface area contributed by atoms with Crippen molar-refractivity contribution in [2.24, 2.45) is 41.4 Å². The van der Waals surface area contributed by atoms with E-state index in [1.54, 1.807) is 7.05 Å². The van der Waals surface area contributed by atoms with Crippen LogP contribution in [0.25, 0.3) is 0 Å². The topological polar surface area (TPSA) is 79.4 Å². The molecule has 0 radical (unpaired) electrons. The minimum Gasteiger partial charge on any atom is -0.501 e. The fraction of sp³-hybridized carbons (Fsp3) is 0.769. The summed E-state index contributed by atoms with van der Waals surface area (Å²) in [5.74, 6) is -0.270. The van der Waals surface area contributed by atoms with Gasteiger partial charge in [0, 0.05) is 18.9 Å². The van der Waals surface area contributed by atoms with Crippen LogP contribution in [-0.4, -0.2) is 46.7 Å². The van der Waals surface area contributed by atoms with Crippen molar-refractivity contribution in [2.45, 2.75) is 79.1 Å². The van der Waals surface area contributed by atoms with E-state index < -0.39 is 29.3 Å². The van der Waals surface area contributed by atoms with E-state index in [1.807, 2.05) is 13.8 Å². The smallest absolute Gasteiger partial charge is 0.334 e. The molecule has 1 amide bonds. The molecule has 4 aliphatic rings. The van der Waals surface area contributed by atoms with Crippen molar-refractivity contribution in [1.82, 2.24) is 4.90 Å². The molecule has 0 bridgehead atoms. The van der Waals surface area contributed by atoms with E-state index in [-0.39, 0.29) is 35.5 Å². The second-order valence-corrected chi connectivity index (χ2v) is 11.4. The minimum absolute atomic E-state index is 0.0618. The number of fused-ring (bicyclic) bond motifs is 1. The Morgan fingerprint density at radius 1 is 1.19 bits per heavy atom. The van der Waals surface area contributed by atoms with Crippen LogP contribution in [0.15, 0.2) is 23.2 Å². The quantitative estimate of drug-likeness (QED) is 0.394. The Bertz CT molecular complexity index is 875. The molecule has 2 aliphatic heterocycles. The number of epoxide rings is 1. The highest BCUT2D eigenvalue weighted by Gasteiger charge is 2.62. The molecule has 1 saturated carbocycles. The van der Waals surface area contributed by atoms with Crippen molar-refractivity contribution >= 4 is 11.9 Å². The number of aliphatic hydroxyl groups excluding tert-OH is 1. The number of carbonyl (C=O) groups excluding carboxylic acids is 2. The SMILES string of the molecule is CC1=CC2CC(C)CC(C)C2C(C2=C(O)C(=O)N(C)C(C(C)C)C(=O)O2)C1C1(C)OC1C. The highest BCUT2D eigenvalue weighted by molar-refractivity contribution is 5.96. The third kappa shape index (κ3) is 3.49. The standard InChI is InChI=1S/C26H39NO5/c1-12(2)21-25(30)31-23(22(28)24(29)27(21)8)19-18-14(4)9-13(3)10-17(18)11-15(5)20(19)26(7)16(6)32-26/h11-14,16-21,28H,9-10H2,1-8H3. The number of cyclic esters (lactones) is 1. The Kier molecular flexibility index (Phi) is 5.76. The molecule has 1 N–H and O–H groups in total. The first-order chi connectivity index (χ1) is 14.9. The van der Waals surface area contributed by atoms with Gasteiger partial charge in [0.15, 0.2) is 5.76 Å². The maximum atomic E-state index is 13.2. The fourth-order valence-corrected chi connectivity index (χ4v) is 7.21. The van der Waals surface area contributed by atoms with Crippen molar-refractivity contribution in [2.75, 3.05) is 7.05 Å². The lowest BCUT2D eigenvalue weighted by Gasteiger charge is -2.50. The van der Waals surface area contributed by atoms with Crippen molar-refractivity contribution in [3.8, 4) is 0 Å². The summed E-state index contributed by atoms with van der Waals surface area (Å²) in [7, 11) is 1.57. The largest absolute Gasteiger partial charge is 0.501 e. The maximum Gasteiger partial charge on any atom is 0.334 e. The molecule has 6 heteroatoms. The number of esters is 1. The molecule has 1 saturated heterocycles. The van der Waals surface area contributed by atoms with Gasteiger partial charge in [0.25, 0.3) is 5.91 Å². The summed E-state index contributed by atoms with van der Waals surface area (Å²) >= 11 is 0. The molecule has 0 aromatic heterocycles. The van der Waals surface area contributed by atoms with Crippen LogP contribution in [0.4, 0.5) is 0 Å². The summed E-state index contributed by atoms with van der Waals surface area (Å²) in [6.45, 7) is 14.6. The molecule has 6 nitrogen and oxygen atoms in total. The van der Waals surface area contributed by atoms with Crippen molar-refractivity contribution < 1.29 is 24.2 Å². The Morgan fingerprint density at radius 3 is 2.38 bits per heavy atom. The van der Waals surface area contributed by atoms with E-state index in [2.05, 4.69) is 40.7 Å². The zero-order chi connectivity index (χ0) is 23.7. The first kappa shape index (κ1) is 23.3. The zero-order valence-electron chi connectivity index (χ0n) is 20.7. The van der Waals surface area contributed by atoms with Crippen LogP contribution in [0.1, 0.15) is 61.3 Å². The molecule has 9 atom stereocenters. The van der Waals surface area contributed by atoms with E-state index in [9.17, 15) is 14.7 Å². The molecular formula is C26H39NO5. The lowest BCUT2D eigenvalue weighted by atomic mass is 9.54. The van der Waals surface area contributed by atoms with Crippen LogP contribution < -0.4 is 0 Å². The molecule has 32 heavy (non-hydrogen) atoms. The lowest BCUT2D eigenvalue weighted by Crippen LogP contribution is -2.47. The Balaban J connectivity index is 1.86. The van der Waals surface area contributed by atoms with E-state index in [1.165, 1.54) is 10.5 Å². The molecule has 4 rings (SSSR count). The van der Waals surface area contributed by atoms with Crippen LogP contribution in [0.3, 0.4) is 0 Å². The second-order valence-electron chi connectivity index (χ2n) is 11.4. The van der Waals surface area contributed by atoms with Gasteiger partial charge in [-0.15, -0.1) is 0 Å². The molecular weight excluding hydrogens is 406 g/mol. The van der Waals surface area contributed by atoms with Gasteiger partial charge in [0.05, 0.1) is 11.7 Å². The van der Waals surface area contributed by atoms with Gasteiger partial charge in [-0.1, -0.05) is 39.3 Å². The molecule has 2 aliphatic carbocycles. The number of ether oxygens (including phenoxy) is 2. The van der Waals surface area contributed by atoms with Crippen molar-refractivity contribution in [1.29, 1.82) is 0 Å². The van der Waals surface area contributed by atoms with Gasteiger partial charge in [-0.3, -0.25) is 4.79 Å². The van der Waals surface area contributed by atoms with Crippen LogP contribution in [0, 0.1) is 41.4 Å².